The van der Waals surface area contributed by atoms with Crippen molar-refractivity contribution in [1.82, 2.24) is 0 Å². The van der Waals surface area contributed by atoms with E-state index in [1.54, 1.807) is 0 Å². The molecule has 0 aliphatic carbocycles. The Bertz CT molecular complexity index is 610. The monoisotopic (exact) mass is 298 g/mol. The van der Waals surface area contributed by atoms with E-state index in [-0.39, 0.29) is 11.7 Å². The first-order valence-electron chi connectivity index (χ1n) is 7.72. The summed E-state index contributed by atoms with van der Waals surface area (Å²) >= 11 is 0. The predicted molar refractivity (Wildman–Crippen MR) is 86.5 cm³/mol. The molecule has 22 heavy (non-hydrogen) atoms. The second-order valence-electron chi connectivity index (χ2n) is 5.99. The summed E-state index contributed by atoms with van der Waals surface area (Å²) in [6.45, 7) is 7.83. The van der Waals surface area contributed by atoms with Gasteiger partial charge in [-0.2, -0.15) is 0 Å². The molecule has 3 heteroatoms. The van der Waals surface area contributed by atoms with Crippen LogP contribution >= 0.6 is 0 Å². The molecule has 1 saturated heterocycles. The van der Waals surface area contributed by atoms with E-state index in [9.17, 15) is 0 Å². The molecule has 0 amide bonds. The van der Waals surface area contributed by atoms with Gasteiger partial charge < -0.3 is 14.2 Å². The van der Waals surface area contributed by atoms with E-state index >= 15 is 0 Å². The molecule has 0 bridgehead atoms. The molecule has 1 aliphatic heterocycles. The molecule has 3 nitrogen and oxygen atoms in total. The van der Waals surface area contributed by atoms with Gasteiger partial charge in [0.2, 0.25) is 6.29 Å². The van der Waals surface area contributed by atoms with Crippen LogP contribution in [0.3, 0.4) is 0 Å². The van der Waals surface area contributed by atoms with Gasteiger partial charge in [-0.3, -0.25) is 0 Å². The maximum Gasteiger partial charge on any atom is 0.223 e. The third-order valence-electron chi connectivity index (χ3n) is 4.03. The average molecular weight is 298 g/mol. The third kappa shape index (κ3) is 3.25. The van der Waals surface area contributed by atoms with E-state index in [2.05, 4.69) is 38.1 Å². The van der Waals surface area contributed by atoms with Crippen molar-refractivity contribution in [3.05, 3.63) is 59.7 Å². The Morgan fingerprint density at radius 3 is 1.91 bits per heavy atom. The van der Waals surface area contributed by atoms with Crippen LogP contribution in [0.15, 0.2) is 48.5 Å². The number of ether oxygens (including phenoxy) is 3. The van der Waals surface area contributed by atoms with Crippen LogP contribution in [0.1, 0.15) is 31.9 Å². The third-order valence-corrected chi connectivity index (χ3v) is 4.03. The molecule has 1 heterocycles. The smallest absolute Gasteiger partial charge is 0.223 e. The zero-order chi connectivity index (χ0) is 15.6. The molecule has 0 radical (unpaired) electrons. The van der Waals surface area contributed by atoms with E-state index in [1.807, 2.05) is 31.2 Å². The van der Waals surface area contributed by atoms with Gasteiger partial charge in [0.05, 0.1) is 6.61 Å². The number of hydrogen-bond donors (Lipinski definition) is 0. The van der Waals surface area contributed by atoms with Gasteiger partial charge in [0, 0.05) is 5.41 Å². The van der Waals surface area contributed by atoms with Crippen LogP contribution in [0, 0.1) is 0 Å². The minimum absolute atomic E-state index is 0.0510. The van der Waals surface area contributed by atoms with Crippen LogP contribution in [-0.2, 0) is 10.2 Å². The molecule has 0 spiro atoms. The topological polar surface area (TPSA) is 31.0 Å². The highest BCUT2D eigenvalue weighted by Crippen LogP contribution is 2.33. The van der Waals surface area contributed by atoms with Crippen LogP contribution < -0.4 is 9.47 Å². The summed E-state index contributed by atoms with van der Waals surface area (Å²) in [5, 5.41) is 0. The molecule has 1 atom stereocenters. The Labute approximate surface area is 131 Å². The van der Waals surface area contributed by atoms with Gasteiger partial charge in [-0.1, -0.05) is 38.1 Å². The van der Waals surface area contributed by atoms with Crippen molar-refractivity contribution in [2.45, 2.75) is 32.5 Å². The number of hydrogen-bond acceptors (Lipinski definition) is 3. The SMILES string of the molecule is CCOc1ccc(C(C)(C)c2ccc(OC3CO3)cc2)cc1. The molecule has 1 fully saturated rings. The van der Waals surface area contributed by atoms with Gasteiger partial charge in [0.15, 0.2) is 0 Å². The van der Waals surface area contributed by atoms with Gasteiger partial charge in [-0.05, 0) is 42.3 Å². The van der Waals surface area contributed by atoms with Crippen LogP contribution in [0.4, 0.5) is 0 Å². The largest absolute Gasteiger partial charge is 0.494 e. The molecular formula is C19H22O3. The highest BCUT2D eigenvalue weighted by atomic mass is 16.8. The first-order chi connectivity index (χ1) is 10.6. The maximum atomic E-state index is 5.60. The zero-order valence-corrected chi connectivity index (χ0v) is 13.3. The molecule has 2 aromatic carbocycles. The van der Waals surface area contributed by atoms with Crippen molar-refractivity contribution < 1.29 is 14.2 Å². The van der Waals surface area contributed by atoms with Gasteiger partial charge in [0.1, 0.15) is 18.1 Å². The fourth-order valence-corrected chi connectivity index (χ4v) is 2.51. The Balaban J connectivity index is 1.78. The van der Waals surface area contributed by atoms with E-state index in [0.29, 0.717) is 13.2 Å². The summed E-state index contributed by atoms with van der Waals surface area (Å²) in [4.78, 5) is 0. The summed E-state index contributed by atoms with van der Waals surface area (Å²) in [5.74, 6) is 1.77. The lowest BCUT2D eigenvalue weighted by atomic mass is 9.78. The molecule has 1 aliphatic rings. The van der Waals surface area contributed by atoms with Crippen LogP contribution in [0.2, 0.25) is 0 Å². The van der Waals surface area contributed by atoms with Gasteiger partial charge in [0.25, 0.3) is 0 Å². The molecule has 3 rings (SSSR count). The summed E-state index contributed by atoms with van der Waals surface area (Å²) in [7, 11) is 0. The maximum absolute atomic E-state index is 5.60. The van der Waals surface area contributed by atoms with E-state index in [4.69, 9.17) is 14.2 Å². The first kappa shape index (κ1) is 14.9. The molecule has 1 unspecified atom stereocenters. The van der Waals surface area contributed by atoms with E-state index < -0.39 is 0 Å². The number of benzene rings is 2. The Kier molecular flexibility index (Phi) is 4.08. The summed E-state index contributed by atoms with van der Waals surface area (Å²) in [6.07, 6.45) is -0.0510. The quantitative estimate of drug-likeness (QED) is 0.751. The summed E-state index contributed by atoms with van der Waals surface area (Å²) < 4.78 is 16.2. The van der Waals surface area contributed by atoms with Crippen molar-refractivity contribution in [1.29, 1.82) is 0 Å². The van der Waals surface area contributed by atoms with Gasteiger partial charge >= 0.3 is 0 Å². The van der Waals surface area contributed by atoms with Crippen molar-refractivity contribution in [2.75, 3.05) is 13.2 Å². The zero-order valence-electron chi connectivity index (χ0n) is 13.3. The lowest BCUT2D eigenvalue weighted by Gasteiger charge is -2.26. The van der Waals surface area contributed by atoms with Crippen LogP contribution in [0.25, 0.3) is 0 Å². The normalized spacial score (nSPS) is 17.1. The molecule has 0 saturated carbocycles. The van der Waals surface area contributed by atoms with Crippen LogP contribution in [-0.4, -0.2) is 19.5 Å². The number of epoxide rings is 1. The first-order valence-corrected chi connectivity index (χ1v) is 7.72. The Morgan fingerprint density at radius 1 is 0.955 bits per heavy atom. The van der Waals surface area contributed by atoms with Crippen molar-refractivity contribution in [2.24, 2.45) is 0 Å². The van der Waals surface area contributed by atoms with Crippen molar-refractivity contribution in [3.8, 4) is 11.5 Å². The molecule has 116 valence electrons. The molecule has 0 N–H and O–H groups in total. The van der Waals surface area contributed by atoms with Crippen molar-refractivity contribution >= 4 is 0 Å². The Hall–Kier alpha value is -2.00. The highest BCUT2D eigenvalue weighted by molar-refractivity contribution is 5.41. The van der Waals surface area contributed by atoms with Crippen LogP contribution in [0.5, 0.6) is 11.5 Å². The standard InChI is InChI=1S/C19H22O3/c1-4-20-16-9-5-14(6-10-16)19(2,3)15-7-11-17(12-8-15)22-18-13-21-18/h5-12,18H,4,13H2,1-3H3. The second-order valence-corrected chi connectivity index (χ2v) is 5.99. The molecule has 0 aromatic heterocycles. The average Bonchev–Trinajstić information content (AvgIpc) is 3.33. The lowest BCUT2D eigenvalue weighted by Crippen LogP contribution is -2.18. The molecular weight excluding hydrogens is 276 g/mol. The molecule has 2 aromatic rings. The van der Waals surface area contributed by atoms with E-state index in [1.165, 1.54) is 11.1 Å². The summed E-state index contributed by atoms with van der Waals surface area (Å²) in [5.41, 5.74) is 2.44. The predicted octanol–water partition coefficient (Wildman–Crippen LogP) is 4.15. The lowest BCUT2D eigenvalue weighted by molar-refractivity contribution is 0.179. The van der Waals surface area contributed by atoms with Crippen molar-refractivity contribution in [3.63, 3.8) is 0 Å². The van der Waals surface area contributed by atoms with E-state index in [0.717, 1.165) is 11.5 Å². The van der Waals surface area contributed by atoms with Gasteiger partial charge in [-0.15, -0.1) is 0 Å². The number of rotatable bonds is 6. The Morgan fingerprint density at radius 2 is 1.45 bits per heavy atom. The fourth-order valence-electron chi connectivity index (χ4n) is 2.51. The minimum atomic E-state index is -0.0701. The minimum Gasteiger partial charge on any atom is -0.494 e. The highest BCUT2D eigenvalue weighted by Gasteiger charge is 2.26. The fraction of sp³-hybridized carbons (Fsp3) is 0.368. The van der Waals surface area contributed by atoms with Gasteiger partial charge in [-0.25, -0.2) is 0 Å². The summed E-state index contributed by atoms with van der Waals surface area (Å²) in [6, 6.07) is 16.6. The second kappa shape index (κ2) is 6.01.